The first-order valence-corrected chi connectivity index (χ1v) is 11.9. The number of esters is 1. The number of carbonyl (C=O) groups is 1. The summed E-state index contributed by atoms with van der Waals surface area (Å²) in [7, 11) is -2.61. The van der Waals surface area contributed by atoms with Crippen molar-refractivity contribution in [1.29, 1.82) is 0 Å². The van der Waals surface area contributed by atoms with Gasteiger partial charge in [-0.1, -0.05) is 19.9 Å². The molecule has 0 radical (unpaired) electrons. The lowest BCUT2D eigenvalue weighted by molar-refractivity contribution is 0.0595. The zero-order chi connectivity index (χ0) is 22.1. The number of hydrogen-bond donors (Lipinski definition) is 0. The topological polar surface area (TPSA) is 66.9 Å². The van der Waals surface area contributed by atoms with E-state index in [-0.39, 0.29) is 29.4 Å². The summed E-state index contributed by atoms with van der Waals surface area (Å²) >= 11 is 1.07. The van der Waals surface area contributed by atoms with Gasteiger partial charge in [-0.2, -0.15) is 4.31 Å². The number of nitrogens with zero attached hydrogens (tertiary/aromatic N) is 2. The van der Waals surface area contributed by atoms with Gasteiger partial charge < -0.3 is 4.74 Å². The number of thiophene rings is 1. The number of methoxy groups -OCH3 is 1. The van der Waals surface area contributed by atoms with Crippen LogP contribution < -0.4 is 0 Å². The Kier molecular flexibility index (Phi) is 6.91. The first-order valence-electron chi connectivity index (χ1n) is 9.62. The minimum atomic E-state index is -3.84. The van der Waals surface area contributed by atoms with Gasteiger partial charge in [-0.25, -0.2) is 22.0 Å². The number of sulfonamides is 1. The highest BCUT2D eigenvalue weighted by molar-refractivity contribution is 7.91. The van der Waals surface area contributed by atoms with Crippen LogP contribution in [-0.4, -0.2) is 50.3 Å². The molecule has 1 aromatic heterocycles. The average Bonchev–Trinajstić information content (AvgIpc) is 3.10. The lowest BCUT2D eigenvalue weighted by Crippen LogP contribution is -2.31. The third-order valence-corrected chi connectivity index (χ3v) is 8.94. The van der Waals surface area contributed by atoms with Gasteiger partial charge in [-0.15, -0.1) is 11.3 Å². The molecule has 0 bridgehead atoms. The Labute approximate surface area is 179 Å². The Morgan fingerprint density at radius 2 is 1.97 bits per heavy atom. The molecule has 0 saturated heterocycles. The number of halogens is 2. The molecule has 0 atom stereocenters. The van der Waals surface area contributed by atoms with E-state index in [2.05, 4.69) is 0 Å². The molecule has 0 spiro atoms. The van der Waals surface area contributed by atoms with Crippen molar-refractivity contribution >= 4 is 27.3 Å². The van der Waals surface area contributed by atoms with Crippen LogP contribution >= 0.6 is 11.3 Å². The fourth-order valence-corrected chi connectivity index (χ4v) is 7.15. The van der Waals surface area contributed by atoms with Crippen LogP contribution in [0.4, 0.5) is 8.78 Å². The molecule has 1 aromatic carbocycles. The van der Waals surface area contributed by atoms with Gasteiger partial charge in [-0.05, 0) is 18.1 Å². The molecule has 10 heteroatoms. The van der Waals surface area contributed by atoms with E-state index in [1.807, 2.05) is 4.90 Å². The van der Waals surface area contributed by atoms with Crippen molar-refractivity contribution in [2.75, 3.05) is 26.7 Å². The van der Waals surface area contributed by atoms with Gasteiger partial charge in [-0.3, -0.25) is 4.90 Å². The van der Waals surface area contributed by atoms with E-state index < -0.39 is 27.6 Å². The summed E-state index contributed by atoms with van der Waals surface area (Å²) < 4.78 is 59.6. The van der Waals surface area contributed by atoms with Gasteiger partial charge in [0, 0.05) is 49.2 Å². The molecule has 1 aliphatic rings. The van der Waals surface area contributed by atoms with Gasteiger partial charge in [0.2, 0.25) is 0 Å². The summed E-state index contributed by atoms with van der Waals surface area (Å²) in [5.74, 6) is -1.92. The third kappa shape index (κ3) is 4.27. The molecular formula is C20H24F2N2O4S2. The quantitative estimate of drug-likeness (QED) is 0.595. The van der Waals surface area contributed by atoms with Gasteiger partial charge >= 0.3 is 5.97 Å². The zero-order valence-corrected chi connectivity index (χ0v) is 18.7. The van der Waals surface area contributed by atoms with Crippen LogP contribution in [0.5, 0.6) is 0 Å². The minimum Gasteiger partial charge on any atom is -0.465 e. The van der Waals surface area contributed by atoms with Crippen molar-refractivity contribution in [2.24, 2.45) is 0 Å². The van der Waals surface area contributed by atoms with E-state index in [1.165, 1.54) is 23.5 Å². The molecule has 0 fully saturated rings. The number of carbonyl (C=O) groups excluding carboxylic acids is 1. The Bertz CT molecular complexity index is 1050. The second kappa shape index (κ2) is 9.09. The minimum absolute atomic E-state index is 0.00198. The second-order valence-electron chi connectivity index (χ2n) is 6.94. The average molecular weight is 459 g/mol. The van der Waals surface area contributed by atoms with Crippen LogP contribution in [0, 0.1) is 11.6 Å². The summed E-state index contributed by atoms with van der Waals surface area (Å²) in [6, 6.07) is 3.47. The summed E-state index contributed by atoms with van der Waals surface area (Å²) in [5, 5.41) is 0. The molecule has 2 heterocycles. The van der Waals surface area contributed by atoms with Gasteiger partial charge in [0.15, 0.2) is 0 Å². The standard InChI is InChI=1S/C20H24F2N2O4S2/c1-4-24(5-2)30(26,27)20-18(19(25)28-3)15-8-9-23(12-17(15)29-20)11-13-6-7-14(21)10-16(13)22/h6-7,10H,4-5,8-9,11-12H2,1-3H3. The number of rotatable bonds is 7. The van der Waals surface area contributed by atoms with Crippen LogP contribution in [0.15, 0.2) is 22.4 Å². The molecule has 0 N–H and O–H groups in total. The van der Waals surface area contributed by atoms with Crippen molar-refractivity contribution < 1.29 is 26.7 Å². The van der Waals surface area contributed by atoms with E-state index in [0.29, 0.717) is 30.6 Å². The first kappa shape index (κ1) is 22.8. The van der Waals surface area contributed by atoms with Crippen molar-refractivity contribution in [3.63, 3.8) is 0 Å². The highest BCUT2D eigenvalue weighted by Gasteiger charge is 2.36. The smallest absolute Gasteiger partial charge is 0.340 e. The van der Waals surface area contributed by atoms with Crippen molar-refractivity contribution in [3.05, 3.63) is 51.4 Å². The second-order valence-corrected chi connectivity index (χ2v) is 10.2. The van der Waals surface area contributed by atoms with Crippen LogP contribution in [0.25, 0.3) is 0 Å². The Morgan fingerprint density at radius 1 is 1.27 bits per heavy atom. The lowest BCUT2D eigenvalue weighted by atomic mass is 10.0. The molecule has 1 aliphatic heterocycles. The van der Waals surface area contributed by atoms with E-state index in [1.54, 1.807) is 13.8 Å². The highest BCUT2D eigenvalue weighted by atomic mass is 32.2. The first-order chi connectivity index (χ1) is 14.2. The highest BCUT2D eigenvalue weighted by Crippen LogP contribution is 2.38. The van der Waals surface area contributed by atoms with Crippen molar-refractivity contribution in [1.82, 2.24) is 9.21 Å². The Morgan fingerprint density at radius 3 is 2.57 bits per heavy atom. The van der Waals surface area contributed by atoms with Crippen LogP contribution in [0.2, 0.25) is 0 Å². The van der Waals surface area contributed by atoms with Crippen molar-refractivity contribution in [3.8, 4) is 0 Å². The number of hydrogen-bond acceptors (Lipinski definition) is 6. The number of fused-ring (bicyclic) bond motifs is 1. The Hall–Kier alpha value is -1.88. The van der Waals surface area contributed by atoms with E-state index in [0.717, 1.165) is 22.3 Å². The SMILES string of the molecule is CCN(CC)S(=O)(=O)c1sc2c(c1C(=O)OC)CCN(Cc1ccc(F)cc1F)C2. The predicted molar refractivity (Wildman–Crippen MR) is 110 cm³/mol. The van der Waals surface area contributed by atoms with E-state index in [9.17, 15) is 22.0 Å². The molecule has 164 valence electrons. The molecule has 6 nitrogen and oxygen atoms in total. The molecule has 0 amide bonds. The summed E-state index contributed by atoms with van der Waals surface area (Å²) in [4.78, 5) is 15.2. The number of ether oxygens (including phenoxy) is 1. The summed E-state index contributed by atoms with van der Waals surface area (Å²) in [6.07, 6.45) is 0.437. The fourth-order valence-electron chi connectivity index (χ4n) is 3.63. The van der Waals surface area contributed by atoms with Gasteiger partial charge in [0.25, 0.3) is 10.0 Å². The maximum Gasteiger partial charge on any atom is 0.340 e. The molecule has 30 heavy (non-hydrogen) atoms. The van der Waals surface area contributed by atoms with E-state index in [4.69, 9.17) is 4.74 Å². The van der Waals surface area contributed by atoms with Gasteiger partial charge in [0.1, 0.15) is 15.8 Å². The van der Waals surface area contributed by atoms with Crippen LogP contribution in [-0.2, 0) is 34.3 Å². The summed E-state index contributed by atoms with van der Waals surface area (Å²) in [6.45, 7) is 5.20. The van der Waals surface area contributed by atoms with Crippen LogP contribution in [0.3, 0.4) is 0 Å². The molecule has 0 saturated carbocycles. The van der Waals surface area contributed by atoms with E-state index >= 15 is 0 Å². The largest absolute Gasteiger partial charge is 0.465 e. The number of benzene rings is 1. The maximum atomic E-state index is 14.0. The van der Waals surface area contributed by atoms with Crippen LogP contribution in [0.1, 0.15) is 40.2 Å². The third-order valence-electron chi connectivity index (χ3n) is 5.18. The molecule has 3 rings (SSSR count). The van der Waals surface area contributed by atoms with Crippen molar-refractivity contribution in [2.45, 2.75) is 37.6 Å². The molecule has 2 aromatic rings. The van der Waals surface area contributed by atoms with Gasteiger partial charge in [0.05, 0.1) is 12.7 Å². The molecule has 0 unspecified atom stereocenters. The Balaban J connectivity index is 1.96. The fraction of sp³-hybridized carbons (Fsp3) is 0.450. The monoisotopic (exact) mass is 458 g/mol. The maximum absolute atomic E-state index is 14.0. The molecule has 0 aliphatic carbocycles. The lowest BCUT2D eigenvalue weighted by Gasteiger charge is -2.27. The normalized spacial score (nSPS) is 14.7. The molecular weight excluding hydrogens is 434 g/mol. The summed E-state index contributed by atoms with van der Waals surface area (Å²) in [5.41, 5.74) is 1.14. The predicted octanol–water partition coefficient (Wildman–Crippen LogP) is 3.40. The zero-order valence-electron chi connectivity index (χ0n) is 17.1.